The molecule has 1 aliphatic rings. The summed E-state index contributed by atoms with van der Waals surface area (Å²) in [7, 11) is -3.55. The van der Waals surface area contributed by atoms with Gasteiger partial charge < -0.3 is 19.9 Å². The molecule has 0 spiro atoms. The number of sulfonamides is 1. The third kappa shape index (κ3) is 5.13. The topological polar surface area (TPSA) is 107 Å². The molecular formula is C26H24F2N4O4S. The van der Waals surface area contributed by atoms with Crippen LogP contribution in [0.2, 0.25) is 0 Å². The Labute approximate surface area is 212 Å². The van der Waals surface area contributed by atoms with Gasteiger partial charge in [-0.2, -0.15) is 0 Å². The molecule has 3 N–H and O–H groups in total. The molecule has 1 fully saturated rings. The number of nitrogens with two attached hydrogens (primary N) is 1. The zero-order valence-corrected chi connectivity index (χ0v) is 20.7. The first-order valence-electron chi connectivity index (χ1n) is 11.5. The number of amides is 1. The molecule has 37 heavy (non-hydrogen) atoms. The number of ether oxygens (including phenoxy) is 1. The number of rotatable bonds is 6. The van der Waals surface area contributed by atoms with Gasteiger partial charge in [0.1, 0.15) is 17.3 Å². The summed E-state index contributed by atoms with van der Waals surface area (Å²) in [5.74, 6) is -2.11. The van der Waals surface area contributed by atoms with Gasteiger partial charge in [-0.15, -0.1) is 0 Å². The van der Waals surface area contributed by atoms with E-state index in [-0.39, 0.29) is 11.3 Å². The number of hydrogen-bond donors (Lipinski definition) is 2. The van der Waals surface area contributed by atoms with Gasteiger partial charge in [-0.1, -0.05) is 6.07 Å². The second-order valence-corrected chi connectivity index (χ2v) is 10.6. The molecule has 2 heterocycles. The van der Waals surface area contributed by atoms with Gasteiger partial charge in [-0.25, -0.2) is 17.2 Å². The third-order valence-corrected chi connectivity index (χ3v) is 6.75. The minimum atomic E-state index is -3.55. The first-order chi connectivity index (χ1) is 17.6. The maximum atomic E-state index is 14.8. The largest absolute Gasteiger partial charge is 0.378 e. The number of carbonyl (C=O) groups is 1. The Bertz CT molecular complexity index is 1630. The van der Waals surface area contributed by atoms with Crippen LogP contribution in [0.25, 0.3) is 27.7 Å². The summed E-state index contributed by atoms with van der Waals surface area (Å²) in [6.45, 7) is 2.24. The minimum Gasteiger partial charge on any atom is -0.378 e. The number of anilines is 2. The highest BCUT2D eigenvalue weighted by Crippen LogP contribution is 2.34. The first-order valence-corrected chi connectivity index (χ1v) is 13.3. The van der Waals surface area contributed by atoms with Crippen molar-refractivity contribution in [2.45, 2.75) is 0 Å². The quantitative estimate of drug-likeness (QED) is 0.397. The van der Waals surface area contributed by atoms with Crippen LogP contribution in [0.15, 0.2) is 60.7 Å². The van der Waals surface area contributed by atoms with Crippen molar-refractivity contribution in [2.24, 2.45) is 5.73 Å². The van der Waals surface area contributed by atoms with Gasteiger partial charge in [-0.05, 0) is 54.1 Å². The molecule has 1 amide bonds. The van der Waals surface area contributed by atoms with E-state index in [4.69, 9.17) is 10.5 Å². The van der Waals surface area contributed by atoms with Crippen molar-refractivity contribution < 1.29 is 26.7 Å². The molecule has 1 aromatic heterocycles. The number of nitrogens with zero attached hydrogens (tertiary/aromatic N) is 2. The molecule has 1 aliphatic heterocycles. The van der Waals surface area contributed by atoms with Gasteiger partial charge in [0, 0.05) is 41.5 Å². The molecule has 0 atom stereocenters. The lowest BCUT2D eigenvalue weighted by Gasteiger charge is -2.30. The molecule has 8 nitrogen and oxygen atoms in total. The van der Waals surface area contributed by atoms with Crippen LogP contribution >= 0.6 is 0 Å². The van der Waals surface area contributed by atoms with E-state index in [1.807, 2.05) is 6.07 Å². The smallest absolute Gasteiger partial charge is 0.265 e. The van der Waals surface area contributed by atoms with Crippen molar-refractivity contribution in [1.29, 1.82) is 0 Å². The molecule has 11 heteroatoms. The maximum absolute atomic E-state index is 14.8. The van der Waals surface area contributed by atoms with E-state index in [1.54, 1.807) is 41.0 Å². The molecule has 0 radical (unpaired) electrons. The first kappa shape index (κ1) is 24.7. The van der Waals surface area contributed by atoms with Gasteiger partial charge in [0.2, 0.25) is 10.0 Å². The number of morpholine rings is 1. The molecule has 3 aromatic carbocycles. The second kappa shape index (κ2) is 9.49. The predicted octanol–water partition coefficient (Wildman–Crippen LogP) is 3.88. The van der Waals surface area contributed by atoms with Crippen LogP contribution in [0.4, 0.5) is 20.2 Å². The molecule has 5 rings (SSSR count). The summed E-state index contributed by atoms with van der Waals surface area (Å²) < 4.78 is 61.6. The molecule has 192 valence electrons. The number of nitrogens with one attached hydrogen (secondary N) is 1. The van der Waals surface area contributed by atoms with E-state index < -0.39 is 27.6 Å². The molecule has 0 aliphatic carbocycles. The number of hydrogen-bond acceptors (Lipinski definition) is 5. The Balaban J connectivity index is 1.76. The third-order valence-electron chi connectivity index (χ3n) is 6.14. The predicted molar refractivity (Wildman–Crippen MR) is 139 cm³/mol. The standard InChI is InChI=1S/C26H24F2N4O4S/c1-37(34,35)30-19-4-2-16-12-25(26(29)33)32(24(16)14-19)21-11-17(22-5-3-18(27)13-23(22)28)10-20(15-21)31-6-8-36-9-7-31/h2-5,10-15,30H,6-9H2,1H3,(H2,29,33). The number of primary amides is 1. The molecular weight excluding hydrogens is 502 g/mol. The summed E-state index contributed by atoms with van der Waals surface area (Å²) in [6.07, 6.45) is 1.04. The van der Waals surface area contributed by atoms with Crippen molar-refractivity contribution in [3.05, 3.63) is 78.0 Å². The summed E-state index contributed by atoms with van der Waals surface area (Å²) in [4.78, 5) is 14.5. The number of aromatic nitrogens is 1. The van der Waals surface area contributed by atoms with Crippen molar-refractivity contribution in [3.63, 3.8) is 0 Å². The van der Waals surface area contributed by atoms with Gasteiger partial charge >= 0.3 is 0 Å². The zero-order chi connectivity index (χ0) is 26.3. The average molecular weight is 527 g/mol. The van der Waals surface area contributed by atoms with Crippen LogP contribution in [0.3, 0.4) is 0 Å². The van der Waals surface area contributed by atoms with Crippen molar-refractivity contribution in [1.82, 2.24) is 4.57 Å². The van der Waals surface area contributed by atoms with E-state index in [2.05, 4.69) is 9.62 Å². The van der Waals surface area contributed by atoms with Crippen LogP contribution in [0.5, 0.6) is 0 Å². The summed E-state index contributed by atoms with van der Waals surface area (Å²) in [5.41, 5.74) is 8.63. The monoisotopic (exact) mass is 526 g/mol. The lowest BCUT2D eigenvalue weighted by Crippen LogP contribution is -2.36. The fourth-order valence-corrected chi connectivity index (χ4v) is 5.10. The van der Waals surface area contributed by atoms with Crippen LogP contribution in [0, 0.1) is 11.6 Å². The fraction of sp³-hybridized carbons (Fsp3) is 0.192. The molecule has 4 aromatic rings. The number of fused-ring (bicyclic) bond motifs is 1. The summed E-state index contributed by atoms with van der Waals surface area (Å²) in [5, 5.41) is 0.652. The normalized spacial score (nSPS) is 14.2. The van der Waals surface area contributed by atoms with Crippen LogP contribution in [-0.4, -0.2) is 51.5 Å². The molecule has 0 saturated carbocycles. The average Bonchev–Trinajstić information content (AvgIpc) is 3.22. The summed E-state index contributed by atoms with van der Waals surface area (Å²) in [6, 6.07) is 15.2. The highest BCUT2D eigenvalue weighted by molar-refractivity contribution is 7.92. The minimum absolute atomic E-state index is 0.163. The van der Waals surface area contributed by atoms with Crippen molar-refractivity contribution >= 4 is 38.2 Å². The SMILES string of the molecule is CS(=O)(=O)Nc1ccc2cc(C(N)=O)n(-c3cc(-c4ccc(F)cc4F)cc(N4CCOCC4)c3)c2c1. The van der Waals surface area contributed by atoms with Gasteiger partial charge in [-0.3, -0.25) is 9.52 Å². The van der Waals surface area contributed by atoms with Gasteiger partial charge in [0.05, 0.1) is 30.7 Å². The number of halogens is 2. The Kier molecular flexibility index (Phi) is 6.34. The number of benzene rings is 3. The second-order valence-electron chi connectivity index (χ2n) is 8.84. The fourth-order valence-electron chi connectivity index (χ4n) is 4.55. The van der Waals surface area contributed by atoms with E-state index >= 15 is 0 Å². The van der Waals surface area contributed by atoms with Crippen LogP contribution in [0.1, 0.15) is 10.5 Å². The van der Waals surface area contributed by atoms with Crippen molar-refractivity contribution in [3.8, 4) is 16.8 Å². The molecule has 1 saturated heterocycles. The number of carbonyl (C=O) groups excluding carboxylic acids is 1. The van der Waals surface area contributed by atoms with Crippen molar-refractivity contribution in [2.75, 3.05) is 42.2 Å². The lowest BCUT2D eigenvalue weighted by atomic mass is 10.0. The van der Waals surface area contributed by atoms with E-state index in [0.29, 0.717) is 54.1 Å². The van der Waals surface area contributed by atoms with Crippen LogP contribution < -0.4 is 15.4 Å². The highest BCUT2D eigenvalue weighted by Gasteiger charge is 2.20. The Hall–Kier alpha value is -3.96. The Morgan fingerprint density at radius 1 is 0.973 bits per heavy atom. The molecule has 0 unspecified atom stereocenters. The lowest BCUT2D eigenvalue weighted by molar-refractivity contribution is 0.0994. The van der Waals surface area contributed by atoms with E-state index in [9.17, 15) is 22.0 Å². The highest BCUT2D eigenvalue weighted by atomic mass is 32.2. The van der Waals surface area contributed by atoms with Gasteiger partial charge in [0.15, 0.2) is 0 Å². The zero-order valence-electron chi connectivity index (χ0n) is 19.9. The Morgan fingerprint density at radius 2 is 1.70 bits per heavy atom. The maximum Gasteiger partial charge on any atom is 0.265 e. The van der Waals surface area contributed by atoms with Gasteiger partial charge in [0.25, 0.3) is 5.91 Å². The summed E-state index contributed by atoms with van der Waals surface area (Å²) >= 11 is 0. The molecule has 0 bridgehead atoms. The van der Waals surface area contributed by atoms with Crippen LogP contribution in [-0.2, 0) is 14.8 Å². The Morgan fingerprint density at radius 3 is 2.38 bits per heavy atom. The van der Waals surface area contributed by atoms with E-state index in [1.165, 1.54) is 12.1 Å². The van der Waals surface area contributed by atoms with E-state index in [0.717, 1.165) is 18.0 Å².